The highest BCUT2D eigenvalue weighted by atomic mass is 32.2. The first kappa shape index (κ1) is 21.5. The van der Waals surface area contributed by atoms with Gasteiger partial charge in [-0.25, -0.2) is 4.79 Å². The molecule has 7 nitrogen and oxygen atoms in total. The fourth-order valence-electron chi connectivity index (χ4n) is 1.44. The van der Waals surface area contributed by atoms with Crippen LogP contribution in [-0.4, -0.2) is 60.8 Å². The van der Waals surface area contributed by atoms with Crippen molar-refractivity contribution in [1.29, 1.82) is 0 Å². The van der Waals surface area contributed by atoms with Crippen molar-refractivity contribution in [3.8, 4) is 0 Å². The second kappa shape index (κ2) is 14.1. The van der Waals surface area contributed by atoms with Crippen molar-refractivity contribution in [2.45, 2.75) is 19.8 Å². The van der Waals surface area contributed by atoms with Crippen LogP contribution in [-0.2, 0) is 23.9 Å². The van der Waals surface area contributed by atoms with E-state index in [9.17, 15) is 14.4 Å². The van der Waals surface area contributed by atoms with Gasteiger partial charge in [-0.1, -0.05) is 13.5 Å². The van der Waals surface area contributed by atoms with Gasteiger partial charge in [0.25, 0.3) is 0 Å². The van der Waals surface area contributed by atoms with Crippen LogP contribution < -0.4 is 5.32 Å². The van der Waals surface area contributed by atoms with Crippen molar-refractivity contribution in [2.24, 2.45) is 5.92 Å². The van der Waals surface area contributed by atoms with E-state index in [0.29, 0.717) is 18.6 Å². The summed E-state index contributed by atoms with van der Waals surface area (Å²) in [4.78, 5) is 33.7. The number of carbonyl (C=O) groups is 3. The third kappa shape index (κ3) is 12.7. The molecule has 0 aromatic carbocycles. The SMILES string of the molecule is C=CC(=O)OCCNC(=O)CCCSCC(C)C(=O)OCCO. The summed E-state index contributed by atoms with van der Waals surface area (Å²) >= 11 is 1.58. The minimum Gasteiger partial charge on any atom is -0.463 e. The molecule has 2 N–H and O–H groups in total. The minimum atomic E-state index is -0.512. The topological polar surface area (TPSA) is 102 Å². The molecule has 8 heteroatoms. The van der Waals surface area contributed by atoms with E-state index < -0.39 is 5.97 Å². The Labute approximate surface area is 140 Å². The number of thioether (sulfide) groups is 1. The molecule has 132 valence electrons. The van der Waals surface area contributed by atoms with Gasteiger partial charge in [0.2, 0.25) is 5.91 Å². The van der Waals surface area contributed by atoms with Gasteiger partial charge in [-0.2, -0.15) is 11.8 Å². The summed E-state index contributed by atoms with van der Waals surface area (Å²) in [6, 6.07) is 0. The number of amides is 1. The van der Waals surface area contributed by atoms with E-state index in [1.54, 1.807) is 18.7 Å². The van der Waals surface area contributed by atoms with Crippen LogP contribution in [0.25, 0.3) is 0 Å². The van der Waals surface area contributed by atoms with Gasteiger partial charge in [-0.05, 0) is 12.2 Å². The molecule has 0 aliphatic rings. The molecule has 0 rings (SSSR count). The van der Waals surface area contributed by atoms with Crippen LogP contribution in [0.4, 0.5) is 0 Å². The number of hydrogen-bond donors (Lipinski definition) is 2. The Kier molecular flexibility index (Phi) is 13.1. The summed E-state index contributed by atoms with van der Waals surface area (Å²) in [5.74, 6) is 0.205. The van der Waals surface area contributed by atoms with E-state index >= 15 is 0 Å². The molecular weight excluding hydrogens is 322 g/mol. The van der Waals surface area contributed by atoms with Gasteiger partial charge in [-0.15, -0.1) is 0 Å². The Bertz CT molecular complexity index is 388. The van der Waals surface area contributed by atoms with E-state index in [1.807, 2.05) is 0 Å². The Morgan fingerprint density at radius 1 is 1.30 bits per heavy atom. The standard InChI is InChI=1S/C15H25NO6S/c1-3-14(19)21-8-6-16-13(18)5-4-10-23-11-12(2)15(20)22-9-7-17/h3,12,17H,1,4-11H2,2H3,(H,16,18). The Morgan fingerprint density at radius 2 is 2.04 bits per heavy atom. The van der Waals surface area contributed by atoms with Gasteiger partial charge < -0.3 is 19.9 Å². The maximum Gasteiger partial charge on any atom is 0.330 e. The number of nitrogens with one attached hydrogen (secondary N) is 1. The fourth-order valence-corrected chi connectivity index (χ4v) is 2.45. The maximum absolute atomic E-state index is 11.5. The number of ether oxygens (including phenoxy) is 2. The molecule has 0 saturated carbocycles. The molecule has 0 aromatic heterocycles. The largest absolute Gasteiger partial charge is 0.463 e. The summed E-state index contributed by atoms with van der Waals surface area (Å²) in [5, 5.41) is 11.2. The number of carbonyl (C=O) groups excluding carboxylic acids is 3. The summed E-state index contributed by atoms with van der Waals surface area (Å²) in [5.41, 5.74) is 0. The van der Waals surface area contributed by atoms with E-state index in [4.69, 9.17) is 14.6 Å². The number of esters is 2. The predicted octanol–water partition coefficient (Wildman–Crippen LogP) is 0.517. The average Bonchev–Trinajstić information content (AvgIpc) is 2.55. The molecule has 0 radical (unpaired) electrons. The van der Waals surface area contributed by atoms with Crippen molar-refractivity contribution in [2.75, 3.05) is 37.9 Å². The van der Waals surface area contributed by atoms with Gasteiger partial charge in [0.05, 0.1) is 19.1 Å². The van der Waals surface area contributed by atoms with Gasteiger partial charge in [0.1, 0.15) is 13.2 Å². The lowest BCUT2D eigenvalue weighted by molar-refractivity contribution is -0.148. The Morgan fingerprint density at radius 3 is 2.70 bits per heavy atom. The second-order valence-corrected chi connectivity index (χ2v) is 5.84. The second-order valence-electron chi connectivity index (χ2n) is 4.69. The summed E-state index contributed by atoms with van der Waals surface area (Å²) in [6.07, 6.45) is 2.15. The van der Waals surface area contributed by atoms with Crippen molar-refractivity contribution >= 4 is 29.6 Å². The van der Waals surface area contributed by atoms with Gasteiger partial charge >= 0.3 is 11.9 Å². The lowest BCUT2D eigenvalue weighted by Crippen LogP contribution is -2.27. The smallest absolute Gasteiger partial charge is 0.330 e. The highest BCUT2D eigenvalue weighted by molar-refractivity contribution is 7.99. The Balaban J connectivity index is 3.53. The van der Waals surface area contributed by atoms with Gasteiger partial charge in [0.15, 0.2) is 0 Å². The quantitative estimate of drug-likeness (QED) is 0.284. The van der Waals surface area contributed by atoms with Crippen LogP contribution in [0.2, 0.25) is 0 Å². The molecule has 1 unspecified atom stereocenters. The van der Waals surface area contributed by atoms with Gasteiger partial charge in [-0.3, -0.25) is 9.59 Å². The number of rotatable bonds is 13. The first-order valence-corrected chi connectivity index (χ1v) is 8.57. The average molecular weight is 347 g/mol. The normalized spacial score (nSPS) is 11.4. The summed E-state index contributed by atoms with van der Waals surface area (Å²) in [6.45, 7) is 5.29. The first-order valence-electron chi connectivity index (χ1n) is 7.42. The molecule has 0 fully saturated rings. The lowest BCUT2D eigenvalue weighted by Gasteiger charge is -2.10. The molecule has 23 heavy (non-hydrogen) atoms. The van der Waals surface area contributed by atoms with E-state index in [1.165, 1.54) is 0 Å². The molecule has 0 spiro atoms. The number of aliphatic hydroxyl groups is 1. The van der Waals surface area contributed by atoms with E-state index in [0.717, 1.165) is 11.8 Å². The zero-order chi connectivity index (χ0) is 17.5. The van der Waals surface area contributed by atoms with Crippen molar-refractivity contribution < 1.29 is 29.0 Å². The molecule has 0 heterocycles. The molecule has 0 saturated heterocycles. The maximum atomic E-state index is 11.5. The van der Waals surface area contributed by atoms with Crippen LogP contribution in [0.3, 0.4) is 0 Å². The van der Waals surface area contributed by atoms with Crippen LogP contribution in [0, 0.1) is 5.92 Å². The van der Waals surface area contributed by atoms with Crippen LogP contribution in [0.15, 0.2) is 12.7 Å². The Hall–Kier alpha value is -1.54. The van der Waals surface area contributed by atoms with Crippen molar-refractivity contribution in [3.63, 3.8) is 0 Å². The molecule has 0 aliphatic carbocycles. The van der Waals surface area contributed by atoms with Crippen LogP contribution >= 0.6 is 11.8 Å². The predicted molar refractivity (Wildman–Crippen MR) is 87.9 cm³/mol. The summed E-state index contributed by atoms with van der Waals surface area (Å²) in [7, 11) is 0. The van der Waals surface area contributed by atoms with Crippen LogP contribution in [0.5, 0.6) is 0 Å². The first-order chi connectivity index (χ1) is 11.0. The van der Waals surface area contributed by atoms with Crippen molar-refractivity contribution in [1.82, 2.24) is 5.32 Å². The molecular formula is C15H25NO6S. The molecule has 1 amide bonds. The highest BCUT2D eigenvalue weighted by Crippen LogP contribution is 2.12. The third-order valence-electron chi connectivity index (χ3n) is 2.63. The van der Waals surface area contributed by atoms with E-state index in [-0.39, 0.29) is 44.2 Å². The fraction of sp³-hybridized carbons (Fsp3) is 0.667. The minimum absolute atomic E-state index is 0.0239. The van der Waals surface area contributed by atoms with E-state index in [2.05, 4.69) is 11.9 Å². The third-order valence-corrected chi connectivity index (χ3v) is 3.95. The zero-order valence-electron chi connectivity index (χ0n) is 13.4. The number of aliphatic hydroxyl groups excluding tert-OH is 1. The monoisotopic (exact) mass is 347 g/mol. The number of hydrogen-bond acceptors (Lipinski definition) is 7. The lowest BCUT2D eigenvalue weighted by atomic mass is 10.2. The van der Waals surface area contributed by atoms with Crippen LogP contribution in [0.1, 0.15) is 19.8 Å². The molecule has 0 aromatic rings. The highest BCUT2D eigenvalue weighted by Gasteiger charge is 2.14. The van der Waals surface area contributed by atoms with Gasteiger partial charge in [0, 0.05) is 18.2 Å². The molecule has 0 aliphatic heterocycles. The van der Waals surface area contributed by atoms with Crippen molar-refractivity contribution in [3.05, 3.63) is 12.7 Å². The molecule has 1 atom stereocenters. The summed E-state index contributed by atoms with van der Waals surface area (Å²) < 4.78 is 9.55. The zero-order valence-corrected chi connectivity index (χ0v) is 14.2. The molecule has 0 bridgehead atoms.